The predicted molar refractivity (Wildman–Crippen MR) is 115 cm³/mol. The van der Waals surface area contributed by atoms with Crippen LogP contribution in [0.5, 0.6) is 5.75 Å². The van der Waals surface area contributed by atoms with E-state index in [-0.39, 0.29) is 18.0 Å². The highest BCUT2D eigenvalue weighted by molar-refractivity contribution is 7.92. The van der Waals surface area contributed by atoms with Crippen molar-refractivity contribution >= 4 is 39.5 Å². The van der Waals surface area contributed by atoms with Crippen LogP contribution in [-0.2, 0) is 24.3 Å². The summed E-state index contributed by atoms with van der Waals surface area (Å²) in [6.07, 6.45) is 2.20. The van der Waals surface area contributed by atoms with E-state index in [1.54, 1.807) is 24.3 Å². The Morgan fingerprint density at radius 1 is 1.22 bits per heavy atom. The number of ether oxygens (including phenoxy) is 2. The standard InChI is InChI=1S/C19H20N4O8S/c1-30-19(25)13-31-17-8-6-14(7-9-17)11-20-21-18(24)12-22(32(2,28)29)15-4-3-5-16(10-15)23(26)27/h3-11H,12-13H2,1-2H3,(H,21,24)/b20-11-. The molecule has 0 unspecified atom stereocenters. The van der Waals surface area contributed by atoms with Crippen molar-refractivity contribution in [3.05, 3.63) is 64.2 Å². The number of hydrazone groups is 1. The summed E-state index contributed by atoms with van der Waals surface area (Å²) in [6.45, 7) is -0.862. The highest BCUT2D eigenvalue weighted by atomic mass is 32.2. The first-order valence-corrected chi connectivity index (χ1v) is 10.8. The number of nitro benzene ring substituents is 1. The number of carbonyl (C=O) groups excluding carboxylic acids is 2. The molecule has 12 nitrogen and oxygen atoms in total. The molecule has 1 amide bonds. The van der Waals surface area contributed by atoms with Crippen LogP contribution in [0.3, 0.4) is 0 Å². The largest absolute Gasteiger partial charge is 0.482 e. The summed E-state index contributed by atoms with van der Waals surface area (Å²) in [5, 5.41) is 14.7. The lowest BCUT2D eigenvalue weighted by molar-refractivity contribution is -0.384. The van der Waals surface area contributed by atoms with Gasteiger partial charge in [0.05, 0.1) is 30.2 Å². The zero-order valence-electron chi connectivity index (χ0n) is 17.1. The Labute approximate surface area is 183 Å². The van der Waals surface area contributed by atoms with E-state index in [4.69, 9.17) is 4.74 Å². The normalized spacial score (nSPS) is 11.1. The third-order valence-corrected chi connectivity index (χ3v) is 5.02. The van der Waals surface area contributed by atoms with Crippen LogP contribution in [0.4, 0.5) is 11.4 Å². The van der Waals surface area contributed by atoms with E-state index < -0.39 is 33.4 Å². The minimum absolute atomic E-state index is 0.0247. The molecule has 0 atom stereocenters. The first-order chi connectivity index (χ1) is 15.1. The van der Waals surface area contributed by atoms with Crippen LogP contribution < -0.4 is 14.5 Å². The zero-order valence-corrected chi connectivity index (χ0v) is 17.9. The molecule has 0 saturated heterocycles. The van der Waals surface area contributed by atoms with E-state index in [1.807, 2.05) is 0 Å². The average Bonchev–Trinajstić information content (AvgIpc) is 2.76. The molecule has 0 bridgehead atoms. The number of esters is 1. The van der Waals surface area contributed by atoms with Crippen molar-refractivity contribution in [2.45, 2.75) is 0 Å². The van der Waals surface area contributed by atoms with E-state index in [9.17, 15) is 28.1 Å². The Hall–Kier alpha value is -4.00. The molecule has 0 radical (unpaired) electrons. The highest BCUT2D eigenvalue weighted by Crippen LogP contribution is 2.22. The van der Waals surface area contributed by atoms with Crippen molar-refractivity contribution in [2.24, 2.45) is 5.10 Å². The smallest absolute Gasteiger partial charge is 0.343 e. The third kappa shape index (κ3) is 7.36. The van der Waals surface area contributed by atoms with Gasteiger partial charge in [-0.25, -0.2) is 18.6 Å². The first-order valence-electron chi connectivity index (χ1n) is 8.94. The van der Waals surface area contributed by atoms with Gasteiger partial charge in [-0.2, -0.15) is 5.10 Å². The van der Waals surface area contributed by atoms with Crippen molar-refractivity contribution < 1.29 is 32.4 Å². The van der Waals surface area contributed by atoms with Gasteiger partial charge in [0.15, 0.2) is 6.61 Å². The van der Waals surface area contributed by atoms with Gasteiger partial charge in [0.1, 0.15) is 12.3 Å². The highest BCUT2D eigenvalue weighted by Gasteiger charge is 2.22. The summed E-state index contributed by atoms with van der Waals surface area (Å²) in [4.78, 5) is 33.5. The first kappa shape index (κ1) is 24.3. The Kier molecular flexibility index (Phi) is 8.24. The van der Waals surface area contributed by atoms with E-state index in [1.165, 1.54) is 31.5 Å². The number of amides is 1. The van der Waals surface area contributed by atoms with Gasteiger partial charge >= 0.3 is 5.97 Å². The quantitative estimate of drug-likeness (QED) is 0.237. The average molecular weight is 464 g/mol. The van der Waals surface area contributed by atoms with Crippen molar-refractivity contribution in [2.75, 3.05) is 30.8 Å². The molecule has 0 aromatic heterocycles. The molecule has 32 heavy (non-hydrogen) atoms. The lowest BCUT2D eigenvalue weighted by atomic mass is 10.2. The van der Waals surface area contributed by atoms with Gasteiger partial charge in [0, 0.05) is 12.1 Å². The number of nitrogens with one attached hydrogen (secondary N) is 1. The molecule has 1 N–H and O–H groups in total. The van der Waals surface area contributed by atoms with E-state index in [0.29, 0.717) is 11.3 Å². The van der Waals surface area contributed by atoms with Gasteiger partial charge < -0.3 is 9.47 Å². The monoisotopic (exact) mass is 464 g/mol. The maximum atomic E-state index is 12.2. The number of nitro groups is 1. The molecule has 0 fully saturated rings. The van der Waals surface area contributed by atoms with Crippen LogP contribution in [0.1, 0.15) is 5.56 Å². The molecule has 2 rings (SSSR count). The maximum Gasteiger partial charge on any atom is 0.343 e. The fourth-order valence-corrected chi connectivity index (χ4v) is 3.21. The molecular weight excluding hydrogens is 444 g/mol. The lowest BCUT2D eigenvalue weighted by Gasteiger charge is -2.21. The minimum Gasteiger partial charge on any atom is -0.482 e. The van der Waals surface area contributed by atoms with Gasteiger partial charge in [-0.05, 0) is 35.9 Å². The molecule has 13 heteroatoms. The van der Waals surface area contributed by atoms with Gasteiger partial charge in [-0.15, -0.1) is 0 Å². The minimum atomic E-state index is -3.90. The number of hydrogen-bond donors (Lipinski definition) is 1. The Balaban J connectivity index is 2.00. The number of carbonyl (C=O) groups is 2. The summed E-state index contributed by atoms with van der Waals surface area (Å²) in [7, 11) is -2.65. The molecule has 0 spiro atoms. The van der Waals surface area contributed by atoms with E-state index in [0.717, 1.165) is 16.6 Å². The van der Waals surface area contributed by atoms with Crippen molar-refractivity contribution in [3.63, 3.8) is 0 Å². The number of nitrogens with zero attached hydrogens (tertiary/aromatic N) is 3. The van der Waals surface area contributed by atoms with Crippen molar-refractivity contribution in [1.82, 2.24) is 5.43 Å². The molecule has 2 aromatic rings. The molecular formula is C19H20N4O8S. The second kappa shape index (κ2) is 10.9. The molecule has 170 valence electrons. The molecule has 2 aromatic carbocycles. The van der Waals surface area contributed by atoms with Gasteiger partial charge in [0.2, 0.25) is 10.0 Å². The van der Waals surface area contributed by atoms with Crippen LogP contribution in [0.2, 0.25) is 0 Å². The number of anilines is 1. The number of hydrogen-bond acceptors (Lipinski definition) is 9. The molecule has 0 saturated carbocycles. The second-order valence-corrected chi connectivity index (χ2v) is 8.18. The third-order valence-electron chi connectivity index (χ3n) is 3.88. The lowest BCUT2D eigenvalue weighted by Crippen LogP contribution is -2.39. The van der Waals surface area contributed by atoms with E-state index in [2.05, 4.69) is 15.3 Å². The van der Waals surface area contributed by atoms with Crippen LogP contribution in [0.15, 0.2) is 53.6 Å². The molecule has 0 heterocycles. The van der Waals surface area contributed by atoms with Crippen LogP contribution >= 0.6 is 0 Å². The van der Waals surface area contributed by atoms with Crippen molar-refractivity contribution in [1.29, 1.82) is 0 Å². The van der Waals surface area contributed by atoms with Gasteiger partial charge in [0.25, 0.3) is 11.6 Å². The number of rotatable bonds is 10. The SMILES string of the molecule is COC(=O)COc1ccc(/C=N\NC(=O)CN(c2cccc([N+](=O)[O-])c2)S(C)(=O)=O)cc1. The van der Waals surface area contributed by atoms with Crippen LogP contribution in [-0.4, -0.2) is 57.9 Å². The van der Waals surface area contributed by atoms with Gasteiger partial charge in [-0.1, -0.05) is 6.07 Å². The fourth-order valence-electron chi connectivity index (χ4n) is 2.36. The topological polar surface area (TPSA) is 158 Å². The van der Waals surface area contributed by atoms with Gasteiger partial charge in [-0.3, -0.25) is 19.2 Å². The number of benzene rings is 2. The Morgan fingerprint density at radius 3 is 2.50 bits per heavy atom. The predicted octanol–water partition coefficient (Wildman–Crippen LogP) is 1.06. The summed E-state index contributed by atoms with van der Waals surface area (Å²) in [6, 6.07) is 11.3. The summed E-state index contributed by atoms with van der Waals surface area (Å²) >= 11 is 0. The van der Waals surface area contributed by atoms with Crippen LogP contribution in [0.25, 0.3) is 0 Å². The Bertz CT molecular complexity index is 1120. The molecule has 0 aliphatic heterocycles. The second-order valence-electron chi connectivity index (χ2n) is 6.27. The summed E-state index contributed by atoms with van der Waals surface area (Å²) in [5.74, 6) is -0.847. The zero-order chi connectivity index (χ0) is 23.7. The maximum absolute atomic E-state index is 12.2. The fraction of sp³-hybridized carbons (Fsp3) is 0.211. The number of sulfonamides is 1. The number of non-ortho nitro benzene ring substituents is 1. The molecule has 0 aliphatic carbocycles. The summed E-state index contributed by atoms with van der Waals surface area (Å²) < 4.78 is 34.6. The van der Waals surface area contributed by atoms with Crippen molar-refractivity contribution in [3.8, 4) is 5.75 Å². The van der Waals surface area contributed by atoms with Crippen LogP contribution in [0, 0.1) is 10.1 Å². The summed E-state index contributed by atoms with van der Waals surface area (Å²) in [5.41, 5.74) is 2.46. The van der Waals surface area contributed by atoms with E-state index >= 15 is 0 Å². The molecule has 0 aliphatic rings. The number of methoxy groups -OCH3 is 1. The Morgan fingerprint density at radius 2 is 1.91 bits per heavy atom.